The van der Waals surface area contributed by atoms with E-state index in [1.54, 1.807) is 31.6 Å². The van der Waals surface area contributed by atoms with Gasteiger partial charge in [-0.2, -0.15) is 0 Å². The molecular weight excluding hydrogens is 102 g/mol. The second-order valence-corrected chi connectivity index (χ2v) is 1.19. The third kappa shape index (κ3) is 2.36. The molecule has 3 nitrogen and oxygen atoms in total. The predicted molar refractivity (Wildman–Crippen MR) is 35.5 cm³/mol. The number of hydrazine groups is 1. The molecule has 0 aromatic rings. The monoisotopic (exact) mass is 113 g/mol. The number of nitrogens with zero attached hydrogens (tertiary/aromatic N) is 2. The molecule has 0 atom stereocenters. The lowest BCUT2D eigenvalue weighted by Gasteiger charge is -2.09. The molecule has 46 valence electrons. The Morgan fingerprint density at radius 3 is 2.50 bits per heavy atom. The van der Waals surface area contributed by atoms with Gasteiger partial charge in [0.2, 0.25) is 0 Å². The SMILES string of the molecule is C=CN(C=NC)NC. The summed E-state index contributed by atoms with van der Waals surface area (Å²) in [7, 11) is 3.50. The van der Waals surface area contributed by atoms with Crippen LogP contribution in [0.25, 0.3) is 0 Å². The standard InChI is InChI=1S/C5H11N3/c1-4-8(7-3)5-6-2/h4-5,7H,1H2,2-3H3. The Bertz CT molecular complexity index is 87.7. The number of rotatable bonds is 3. The Hall–Kier alpha value is -0.830. The first kappa shape index (κ1) is 7.17. The van der Waals surface area contributed by atoms with E-state index < -0.39 is 0 Å². The van der Waals surface area contributed by atoms with Crippen molar-refractivity contribution in [3.05, 3.63) is 12.8 Å². The molecule has 0 aromatic carbocycles. The van der Waals surface area contributed by atoms with Crippen LogP contribution in [0.2, 0.25) is 0 Å². The summed E-state index contributed by atoms with van der Waals surface area (Å²) >= 11 is 0. The van der Waals surface area contributed by atoms with E-state index in [4.69, 9.17) is 0 Å². The molecule has 3 heteroatoms. The summed E-state index contributed by atoms with van der Waals surface area (Å²) in [5.74, 6) is 0. The van der Waals surface area contributed by atoms with Crippen molar-refractivity contribution in [1.82, 2.24) is 10.4 Å². The van der Waals surface area contributed by atoms with Crippen LogP contribution in [0.4, 0.5) is 0 Å². The van der Waals surface area contributed by atoms with Gasteiger partial charge >= 0.3 is 0 Å². The molecule has 0 aliphatic rings. The van der Waals surface area contributed by atoms with Crippen molar-refractivity contribution in [2.45, 2.75) is 0 Å². The third-order valence-corrected chi connectivity index (χ3v) is 0.695. The highest BCUT2D eigenvalue weighted by atomic mass is 15.5. The predicted octanol–water partition coefficient (Wildman–Crippen LogP) is 0.224. The molecule has 0 bridgehead atoms. The van der Waals surface area contributed by atoms with E-state index in [1.807, 2.05) is 0 Å². The van der Waals surface area contributed by atoms with Crippen LogP contribution in [0, 0.1) is 0 Å². The Morgan fingerprint density at radius 2 is 2.38 bits per heavy atom. The van der Waals surface area contributed by atoms with Gasteiger partial charge in [0.1, 0.15) is 6.34 Å². The maximum atomic E-state index is 3.74. The lowest BCUT2D eigenvalue weighted by atomic mass is 10.9. The van der Waals surface area contributed by atoms with Gasteiger partial charge in [0.05, 0.1) is 0 Å². The number of hydrogen-bond acceptors (Lipinski definition) is 2. The Balaban J connectivity index is 3.52. The summed E-state index contributed by atoms with van der Waals surface area (Å²) in [6.45, 7) is 3.52. The van der Waals surface area contributed by atoms with Crippen molar-refractivity contribution in [2.24, 2.45) is 4.99 Å². The van der Waals surface area contributed by atoms with Gasteiger partial charge in [-0.1, -0.05) is 6.58 Å². The molecule has 0 aromatic heterocycles. The molecule has 0 unspecified atom stereocenters. The number of nitrogens with one attached hydrogen (secondary N) is 1. The van der Waals surface area contributed by atoms with Gasteiger partial charge in [0, 0.05) is 20.3 Å². The number of hydrogen-bond donors (Lipinski definition) is 1. The largest absolute Gasteiger partial charge is 0.277 e. The van der Waals surface area contributed by atoms with Crippen LogP contribution in [0.3, 0.4) is 0 Å². The highest BCUT2D eigenvalue weighted by Gasteiger charge is 1.80. The minimum absolute atomic E-state index is 1.63. The fraction of sp³-hybridized carbons (Fsp3) is 0.400. The maximum Gasteiger partial charge on any atom is 0.103 e. The Kier molecular flexibility index (Phi) is 3.88. The first-order valence-electron chi connectivity index (χ1n) is 2.35. The van der Waals surface area contributed by atoms with Crippen LogP contribution >= 0.6 is 0 Å². The van der Waals surface area contributed by atoms with Gasteiger partial charge < -0.3 is 0 Å². The summed E-state index contributed by atoms with van der Waals surface area (Å²) in [6, 6.07) is 0. The molecule has 0 radical (unpaired) electrons. The van der Waals surface area contributed by atoms with Crippen molar-refractivity contribution in [2.75, 3.05) is 14.1 Å². The summed E-state index contributed by atoms with van der Waals surface area (Å²) in [4.78, 5) is 3.74. The van der Waals surface area contributed by atoms with Crippen LogP contribution < -0.4 is 5.43 Å². The van der Waals surface area contributed by atoms with Crippen molar-refractivity contribution in [1.29, 1.82) is 0 Å². The Labute approximate surface area is 49.7 Å². The topological polar surface area (TPSA) is 27.6 Å². The molecule has 0 spiro atoms. The van der Waals surface area contributed by atoms with Gasteiger partial charge in [-0.3, -0.25) is 10.0 Å². The molecule has 8 heavy (non-hydrogen) atoms. The third-order valence-electron chi connectivity index (χ3n) is 0.695. The molecule has 1 N–H and O–H groups in total. The molecule has 0 saturated heterocycles. The summed E-state index contributed by atoms with van der Waals surface area (Å²) in [5.41, 5.74) is 2.82. The van der Waals surface area contributed by atoms with Crippen molar-refractivity contribution >= 4 is 6.34 Å². The minimum atomic E-state index is 1.63. The van der Waals surface area contributed by atoms with Crippen LogP contribution in [0.15, 0.2) is 17.8 Å². The fourth-order valence-electron chi connectivity index (χ4n) is 0.321. The fourth-order valence-corrected chi connectivity index (χ4v) is 0.321. The lowest BCUT2D eigenvalue weighted by Crippen LogP contribution is -2.27. The molecule has 0 fully saturated rings. The quantitative estimate of drug-likeness (QED) is 0.322. The second kappa shape index (κ2) is 4.33. The van der Waals surface area contributed by atoms with Crippen LogP contribution in [0.1, 0.15) is 0 Å². The highest BCUT2D eigenvalue weighted by Crippen LogP contribution is 1.71. The molecule has 0 heterocycles. The van der Waals surface area contributed by atoms with E-state index in [0.29, 0.717) is 0 Å². The maximum absolute atomic E-state index is 3.74. The minimum Gasteiger partial charge on any atom is -0.277 e. The zero-order valence-electron chi connectivity index (χ0n) is 5.26. The first-order valence-corrected chi connectivity index (χ1v) is 2.35. The first-order chi connectivity index (χ1) is 3.85. The molecule has 0 saturated carbocycles. The average molecular weight is 113 g/mol. The zero-order valence-corrected chi connectivity index (χ0v) is 5.26. The van der Waals surface area contributed by atoms with Gasteiger partial charge in [-0.25, -0.2) is 5.43 Å². The van der Waals surface area contributed by atoms with E-state index in [0.717, 1.165) is 0 Å². The summed E-state index contributed by atoms with van der Waals surface area (Å²) in [5, 5.41) is 1.65. The van der Waals surface area contributed by atoms with Crippen molar-refractivity contribution < 1.29 is 0 Å². The zero-order chi connectivity index (χ0) is 6.41. The molecule has 0 aliphatic carbocycles. The highest BCUT2D eigenvalue weighted by molar-refractivity contribution is 5.55. The van der Waals surface area contributed by atoms with E-state index >= 15 is 0 Å². The van der Waals surface area contributed by atoms with Gasteiger partial charge in [-0.05, 0) is 0 Å². The molecule has 0 aliphatic heterocycles. The molecule has 0 rings (SSSR count). The summed E-state index contributed by atoms with van der Waals surface area (Å²) < 4.78 is 0. The lowest BCUT2D eigenvalue weighted by molar-refractivity contribution is 0.467. The van der Waals surface area contributed by atoms with Crippen molar-refractivity contribution in [3.63, 3.8) is 0 Å². The number of aliphatic imine (C=N–C) groups is 1. The van der Waals surface area contributed by atoms with E-state index in [-0.39, 0.29) is 0 Å². The molecule has 0 amide bonds. The average Bonchev–Trinajstić information content (AvgIpc) is 1.83. The van der Waals surface area contributed by atoms with Crippen LogP contribution in [-0.2, 0) is 0 Å². The molecular formula is C5H11N3. The summed E-state index contributed by atoms with van der Waals surface area (Å²) in [6.07, 6.45) is 3.26. The van der Waals surface area contributed by atoms with Crippen LogP contribution in [0.5, 0.6) is 0 Å². The second-order valence-electron chi connectivity index (χ2n) is 1.19. The van der Waals surface area contributed by atoms with E-state index in [9.17, 15) is 0 Å². The van der Waals surface area contributed by atoms with E-state index in [1.165, 1.54) is 0 Å². The smallest absolute Gasteiger partial charge is 0.103 e. The van der Waals surface area contributed by atoms with Crippen LogP contribution in [-0.4, -0.2) is 25.4 Å². The normalized spacial score (nSPS) is 9.75. The Morgan fingerprint density at radius 1 is 1.75 bits per heavy atom. The van der Waals surface area contributed by atoms with Gasteiger partial charge in [0.15, 0.2) is 0 Å². The van der Waals surface area contributed by atoms with Crippen molar-refractivity contribution in [3.8, 4) is 0 Å². The van der Waals surface area contributed by atoms with Gasteiger partial charge in [0.25, 0.3) is 0 Å². The van der Waals surface area contributed by atoms with E-state index in [2.05, 4.69) is 17.0 Å². The van der Waals surface area contributed by atoms with Gasteiger partial charge in [-0.15, -0.1) is 0 Å².